The number of halogens is 2. The molecule has 2 heterocycles. The molecule has 0 bridgehead atoms. The second-order valence-corrected chi connectivity index (χ2v) is 17.5. The summed E-state index contributed by atoms with van der Waals surface area (Å²) in [5, 5.41) is 17.0. The molecule has 406 valence electrons. The van der Waals surface area contributed by atoms with Gasteiger partial charge in [0.1, 0.15) is 24.1 Å². The number of aromatic nitrogens is 5. The molecule has 15 nitrogen and oxygen atoms in total. The van der Waals surface area contributed by atoms with Gasteiger partial charge >= 0.3 is 0 Å². The number of allylic oxidation sites excluding steroid dienone is 1. The summed E-state index contributed by atoms with van der Waals surface area (Å²) in [5.74, 6) is 1.91. The van der Waals surface area contributed by atoms with Crippen LogP contribution in [0.1, 0.15) is 50.8 Å². The fraction of sp³-hybridized carbons (Fsp3) is 0.262. The number of H-pyrrole nitrogens is 1. The van der Waals surface area contributed by atoms with Crippen molar-refractivity contribution in [3.63, 3.8) is 0 Å². The van der Waals surface area contributed by atoms with E-state index in [4.69, 9.17) is 20.8 Å². The number of methoxy groups -OCH3 is 4. The third-order valence-electron chi connectivity index (χ3n) is 12.3. The molecule has 1 aliphatic rings. The maximum absolute atomic E-state index is 13.7. The highest BCUT2D eigenvalue weighted by molar-refractivity contribution is 15.0. The zero-order valence-electron chi connectivity index (χ0n) is 44.4. The van der Waals surface area contributed by atoms with Gasteiger partial charge in [-0.3, -0.25) is 19.3 Å². The Morgan fingerprint density at radius 1 is 0.744 bits per heavy atom. The third-order valence-corrected chi connectivity index (χ3v) is 12.3. The number of aldehydes is 1. The first-order valence-electron chi connectivity index (χ1n) is 25.2. The largest absolute Gasteiger partial charge is 0.497 e. The van der Waals surface area contributed by atoms with Crippen LogP contribution in [0.3, 0.4) is 0 Å². The highest BCUT2D eigenvalue weighted by atomic mass is 128. The molecule has 0 saturated carbocycles. The molecule has 1 atom stereocenters. The summed E-state index contributed by atoms with van der Waals surface area (Å²) >= 11 is 4.24. The van der Waals surface area contributed by atoms with Gasteiger partial charge < -0.3 is 34.1 Å². The molecule has 0 spiro atoms. The summed E-state index contributed by atoms with van der Waals surface area (Å²) in [6.45, 7) is 11.5. The molecule has 0 radical (unpaired) electrons. The van der Waals surface area contributed by atoms with Gasteiger partial charge in [-0.25, -0.2) is 11.3 Å². The number of nitrogens with one attached hydrogen (secondary N) is 2. The highest BCUT2D eigenvalue weighted by Gasteiger charge is 2.31. The second-order valence-electron chi connectivity index (χ2n) is 17.5. The predicted molar refractivity (Wildman–Crippen MR) is 325 cm³/mol. The van der Waals surface area contributed by atoms with Crippen molar-refractivity contribution in [2.75, 3.05) is 61.3 Å². The van der Waals surface area contributed by atoms with Crippen LogP contribution in [0.25, 0.3) is 21.8 Å². The molecule has 1 unspecified atom stereocenters. The lowest BCUT2D eigenvalue weighted by Gasteiger charge is -2.31. The molecule has 1 aliphatic carbocycles. The topological polar surface area (TPSA) is 167 Å². The van der Waals surface area contributed by atoms with Gasteiger partial charge in [-0.2, -0.15) is 0 Å². The number of hydrogen-bond acceptors (Lipinski definition) is 12. The Morgan fingerprint density at radius 3 is 1.92 bits per heavy atom. The smallest absolute Gasteiger partial charge is 0.253 e. The van der Waals surface area contributed by atoms with Crippen molar-refractivity contribution in [1.29, 1.82) is 0 Å². The molecule has 9 rings (SSSR count). The van der Waals surface area contributed by atoms with E-state index in [1.54, 1.807) is 39.2 Å². The minimum Gasteiger partial charge on any atom is -0.497 e. The van der Waals surface area contributed by atoms with Crippen molar-refractivity contribution in [2.24, 2.45) is 0 Å². The van der Waals surface area contributed by atoms with E-state index in [1.165, 1.54) is 16.7 Å². The maximum atomic E-state index is 13.7. The van der Waals surface area contributed by atoms with Crippen LogP contribution in [-0.2, 0) is 58.0 Å². The van der Waals surface area contributed by atoms with E-state index in [0.717, 1.165) is 59.3 Å². The Kier molecular flexibility index (Phi) is 28.2. The molecule has 2 N–H and O–H groups in total. The Balaban J connectivity index is 0.000000234. The van der Waals surface area contributed by atoms with Gasteiger partial charge in [0.05, 0.1) is 32.9 Å². The van der Waals surface area contributed by atoms with E-state index in [0.29, 0.717) is 69.2 Å². The van der Waals surface area contributed by atoms with Crippen LogP contribution >= 0.6 is 37.2 Å². The molecule has 8 aromatic rings. The number of ketones is 1. The number of rotatable bonds is 21. The summed E-state index contributed by atoms with van der Waals surface area (Å²) in [4.78, 5) is 44.1. The lowest BCUT2D eigenvalue weighted by Crippen LogP contribution is -2.36. The third kappa shape index (κ3) is 20.1. The van der Waals surface area contributed by atoms with Crippen LogP contribution in [-0.4, -0.2) is 103 Å². The first kappa shape index (κ1) is 61.9. The van der Waals surface area contributed by atoms with Crippen molar-refractivity contribution in [2.45, 2.75) is 44.9 Å². The standard InChI is InChI=1S/C30H32N6O3.C15H17N.C12H10O3.C4H7NO.I2/c1-38-18-17-36-29(32-33-34-36)28(26-20-24-19-25(39-2)13-14-27(24)31-30(26)37)35(21-23-11-7-4-8-12-23)16-15-22-9-5-3-6-10-22;1-3-7-14(8-4-1)11-12-16-13-15-9-5-2-6-10-15;1-15-11-3-2-8-6-12(14)10(7-13)4-9(8)5-11;1-5-3-4-6-2;1-2/h3-14,19-20,28H,15-18,21H2,1-2H3,(H,31,37);1-10,16H,11-13H2;2-5,7H,6H2,1H3;3-4H2,2H3;. The van der Waals surface area contributed by atoms with E-state index in [-0.39, 0.29) is 16.9 Å². The van der Waals surface area contributed by atoms with E-state index < -0.39 is 6.04 Å². The number of Topliss-reactive ketones (excluding diaryl/α,β-unsaturated/α-hetero) is 1. The minimum atomic E-state index is -0.514. The number of carbonyl (C=O) groups excluding carboxylic acids is 2. The molecule has 17 heteroatoms. The quantitative estimate of drug-likeness (QED) is 0.0230. The van der Waals surface area contributed by atoms with E-state index in [2.05, 4.69) is 156 Å². The summed E-state index contributed by atoms with van der Waals surface area (Å²) in [5.41, 5.74) is 8.25. The van der Waals surface area contributed by atoms with Crippen molar-refractivity contribution in [3.8, 4) is 11.5 Å². The van der Waals surface area contributed by atoms with Crippen LogP contribution in [0, 0.1) is 6.57 Å². The first-order chi connectivity index (χ1) is 38.3. The maximum Gasteiger partial charge on any atom is 0.253 e. The number of tetrazole rings is 1. The van der Waals surface area contributed by atoms with Crippen LogP contribution in [0.2, 0.25) is 0 Å². The zero-order valence-corrected chi connectivity index (χ0v) is 48.7. The fourth-order valence-corrected chi connectivity index (χ4v) is 8.27. The number of fused-ring (bicyclic) bond motifs is 2. The monoisotopic (exact) mass is 1280 g/mol. The molecule has 0 aliphatic heterocycles. The lowest BCUT2D eigenvalue weighted by molar-refractivity contribution is -0.117. The first-order valence-corrected chi connectivity index (χ1v) is 31.5. The van der Waals surface area contributed by atoms with Crippen molar-refractivity contribution in [1.82, 2.24) is 35.4 Å². The predicted octanol–water partition coefficient (Wildman–Crippen LogP) is 10.7. The number of nitrogens with zero attached hydrogens (tertiary/aromatic N) is 6. The molecule has 78 heavy (non-hydrogen) atoms. The van der Waals surface area contributed by atoms with Gasteiger partial charge in [0.2, 0.25) is 6.54 Å². The van der Waals surface area contributed by atoms with E-state index >= 15 is 0 Å². The Hall–Kier alpha value is -6.93. The van der Waals surface area contributed by atoms with Crippen LogP contribution in [0.4, 0.5) is 0 Å². The molecule has 2 aromatic heterocycles. The fourth-order valence-electron chi connectivity index (χ4n) is 8.27. The molecule has 0 amide bonds. The summed E-state index contributed by atoms with van der Waals surface area (Å²) < 4.78 is 22.1. The Labute approximate surface area is 480 Å². The number of benzene rings is 6. The molecule has 0 saturated heterocycles. The molecular weight excluding hydrogens is 1210 g/mol. The van der Waals surface area contributed by atoms with E-state index in [9.17, 15) is 14.4 Å². The van der Waals surface area contributed by atoms with Crippen LogP contribution < -0.4 is 20.3 Å². The number of carbonyl (C=O) groups is 2. The SMILES string of the molecule is COCCn1nnnc1C(c1cc2cc(OC)ccc2[nH]c1=O)N(CCc1ccccc1)Cc1ccccc1.COc1ccc2c(c1)C=C(C=O)C(=O)C2.II.[C-]#[N+]CCOC.c1ccc(CCNCc2ccccc2)cc1. The Morgan fingerprint density at radius 2 is 1.33 bits per heavy atom. The number of aromatic amines is 1. The van der Waals surface area contributed by atoms with Gasteiger partial charge in [0.15, 0.2) is 17.9 Å². The second kappa shape index (κ2) is 35.5. The number of ether oxygens (including phenoxy) is 4. The summed E-state index contributed by atoms with van der Waals surface area (Å²) in [6.07, 6.45) is 4.39. The Bertz CT molecular complexity index is 3120. The normalized spacial score (nSPS) is 11.6. The average molecular weight is 1280 g/mol. The molecule has 6 aromatic carbocycles. The highest BCUT2D eigenvalue weighted by Crippen LogP contribution is 2.30. The van der Waals surface area contributed by atoms with Crippen LogP contribution in [0.15, 0.2) is 174 Å². The van der Waals surface area contributed by atoms with Crippen molar-refractivity contribution in [3.05, 3.63) is 236 Å². The summed E-state index contributed by atoms with van der Waals surface area (Å²) in [7, 11) is 6.45. The minimum absolute atomic E-state index is 0.123. The zero-order chi connectivity index (χ0) is 55.7. The molecular formula is C61H66I2N8O7. The van der Waals surface area contributed by atoms with E-state index in [1.807, 2.05) is 84.9 Å². The molecule has 0 fully saturated rings. The van der Waals surface area contributed by atoms with Gasteiger partial charge in [-0.05, 0) is 106 Å². The van der Waals surface area contributed by atoms with Gasteiger partial charge in [0.25, 0.3) is 5.56 Å². The van der Waals surface area contributed by atoms with Crippen LogP contribution in [0.5, 0.6) is 11.5 Å². The number of hydrogen-bond donors (Lipinski definition) is 2. The van der Waals surface area contributed by atoms with Gasteiger partial charge in [-0.1, -0.05) is 127 Å². The summed E-state index contributed by atoms with van der Waals surface area (Å²) in [6, 6.07) is 54.2. The van der Waals surface area contributed by atoms with Gasteiger partial charge in [-0.15, -0.1) is 5.10 Å². The van der Waals surface area contributed by atoms with Gasteiger partial charge in [0, 0.05) is 94.0 Å². The van der Waals surface area contributed by atoms with Crippen molar-refractivity contribution < 1.29 is 28.5 Å². The van der Waals surface area contributed by atoms with Crippen molar-refractivity contribution >= 4 is 66.3 Å². The number of pyridine rings is 1. The average Bonchev–Trinajstić information content (AvgIpc) is 3.98. The lowest BCUT2D eigenvalue weighted by atomic mass is 9.92.